The van der Waals surface area contributed by atoms with Gasteiger partial charge in [0.05, 0.1) is 24.2 Å². The van der Waals surface area contributed by atoms with Crippen LogP contribution < -0.4 is 0 Å². The van der Waals surface area contributed by atoms with Crippen LogP contribution >= 0.6 is 0 Å². The van der Waals surface area contributed by atoms with Crippen molar-refractivity contribution in [3.05, 3.63) is 47.8 Å². The molecule has 21 heavy (non-hydrogen) atoms. The molecule has 0 aliphatic rings. The number of rotatable bonds is 6. The van der Waals surface area contributed by atoms with E-state index >= 15 is 0 Å². The zero-order chi connectivity index (χ0) is 15.2. The molecule has 5 heteroatoms. The minimum atomic E-state index is -0.409. The molecule has 0 saturated heterocycles. The van der Waals surface area contributed by atoms with E-state index in [1.54, 1.807) is 11.6 Å². The predicted molar refractivity (Wildman–Crippen MR) is 78.5 cm³/mol. The maximum absolute atomic E-state index is 12.0. The van der Waals surface area contributed by atoms with Crippen molar-refractivity contribution in [1.29, 1.82) is 0 Å². The molecule has 0 amide bonds. The molecule has 0 aliphatic carbocycles. The first-order valence-corrected chi connectivity index (χ1v) is 6.92. The molecule has 0 aliphatic heterocycles. The van der Waals surface area contributed by atoms with E-state index in [1.165, 1.54) is 6.20 Å². The third kappa shape index (κ3) is 3.37. The van der Waals surface area contributed by atoms with Crippen molar-refractivity contribution in [3.63, 3.8) is 0 Å². The van der Waals surface area contributed by atoms with Crippen molar-refractivity contribution in [2.75, 3.05) is 6.61 Å². The summed E-state index contributed by atoms with van der Waals surface area (Å²) in [6, 6.07) is 9.50. The Bertz CT molecular complexity index is 620. The van der Waals surface area contributed by atoms with Gasteiger partial charge in [-0.25, -0.2) is 9.48 Å². The van der Waals surface area contributed by atoms with Crippen LogP contribution in [0.4, 0.5) is 0 Å². The van der Waals surface area contributed by atoms with Gasteiger partial charge in [-0.15, -0.1) is 0 Å². The average molecular weight is 286 g/mol. The minimum Gasteiger partial charge on any atom is -0.462 e. The summed E-state index contributed by atoms with van der Waals surface area (Å²) < 4.78 is 6.74. The molecule has 110 valence electrons. The van der Waals surface area contributed by atoms with Crippen molar-refractivity contribution < 1.29 is 14.3 Å². The highest BCUT2D eigenvalue weighted by Gasteiger charge is 2.20. The number of para-hydroxylation sites is 1. The topological polar surface area (TPSA) is 61.2 Å². The number of hydrogen-bond donors (Lipinski definition) is 0. The Balaban J connectivity index is 2.45. The summed E-state index contributed by atoms with van der Waals surface area (Å²) in [5, 5.41) is 4.28. The zero-order valence-corrected chi connectivity index (χ0v) is 12.2. The average Bonchev–Trinajstić information content (AvgIpc) is 2.92. The molecule has 1 unspecified atom stereocenters. The molecule has 1 atom stereocenters. The van der Waals surface area contributed by atoms with Gasteiger partial charge in [0.1, 0.15) is 11.8 Å². The molecular formula is C16H18N2O3. The number of carbonyl (C=O) groups excluding carboxylic acids is 2. The largest absolute Gasteiger partial charge is 0.462 e. The first kappa shape index (κ1) is 15.0. The summed E-state index contributed by atoms with van der Waals surface area (Å²) in [6.07, 6.45) is 2.81. The van der Waals surface area contributed by atoms with Crippen molar-refractivity contribution in [3.8, 4) is 5.69 Å². The van der Waals surface area contributed by atoms with Gasteiger partial charge in [-0.2, -0.15) is 5.10 Å². The Morgan fingerprint density at radius 3 is 2.71 bits per heavy atom. The second-order valence-corrected chi connectivity index (χ2v) is 4.79. The molecule has 0 N–H and O–H groups in total. The number of aromatic nitrogens is 2. The Hall–Kier alpha value is -2.43. The van der Waals surface area contributed by atoms with E-state index in [0.29, 0.717) is 24.3 Å². The molecule has 0 spiro atoms. The van der Waals surface area contributed by atoms with Gasteiger partial charge in [-0.1, -0.05) is 25.1 Å². The van der Waals surface area contributed by atoms with Gasteiger partial charge in [-0.3, -0.25) is 0 Å². The van der Waals surface area contributed by atoms with Crippen molar-refractivity contribution in [2.45, 2.75) is 20.3 Å². The number of carbonyl (C=O) groups is 2. The monoisotopic (exact) mass is 286 g/mol. The zero-order valence-electron chi connectivity index (χ0n) is 12.2. The third-order valence-corrected chi connectivity index (χ3v) is 3.11. The van der Waals surface area contributed by atoms with Gasteiger partial charge in [0.15, 0.2) is 0 Å². The first-order valence-electron chi connectivity index (χ1n) is 6.92. The smallest absolute Gasteiger partial charge is 0.341 e. The Morgan fingerprint density at radius 1 is 1.38 bits per heavy atom. The van der Waals surface area contributed by atoms with Gasteiger partial charge in [0.2, 0.25) is 0 Å². The maximum atomic E-state index is 12.0. The maximum Gasteiger partial charge on any atom is 0.341 e. The molecule has 1 aromatic carbocycles. The fraction of sp³-hybridized carbons (Fsp3) is 0.312. The van der Waals surface area contributed by atoms with Gasteiger partial charge >= 0.3 is 5.97 Å². The van der Waals surface area contributed by atoms with Crippen LogP contribution in [0.25, 0.3) is 5.69 Å². The van der Waals surface area contributed by atoms with E-state index in [1.807, 2.05) is 37.3 Å². The summed E-state index contributed by atoms with van der Waals surface area (Å²) in [7, 11) is 0. The molecule has 1 aromatic heterocycles. The quantitative estimate of drug-likeness (QED) is 0.604. The lowest BCUT2D eigenvalue weighted by atomic mass is 10.0. The third-order valence-electron chi connectivity index (χ3n) is 3.11. The second-order valence-electron chi connectivity index (χ2n) is 4.79. The van der Waals surface area contributed by atoms with Gasteiger partial charge in [0, 0.05) is 5.92 Å². The molecule has 0 radical (unpaired) electrons. The van der Waals surface area contributed by atoms with Crippen LogP contribution in [0, 0.1) is 5.92 Å². The van der Waals surface area contributed by atoms with Crippen LogP contribution in [-0.2, 0) is 16.0 Å². The van der Waals surface area contributed by atoms with E-state index < -0.39 is 5.97 Å². The standard InChI is InChI=1S/C16H18N2O3/c1-3-21-16(20)14-10-17-18(13-7-5-4-6-8-13)15(14)9-12(2)11-19/h4-8,10-12H,3,9H2,1-2H3. The lowest BCUT2D eigenvalue weighted by Crippen LogP contribution is -2.13. The molecule has 0 fully saturated rings. The van der Waals surface area contributed by atoms with E-state index in [2.05, 4.69) is 5.10 Å². The Kier molecular flexibility index (Phi) is 4.87. The van der Waals surface area contributed by atoms with E-state index in [0.717, 1.165) is 12.0 Å². The van der Waals surface area contributed by atoms with E-state index in [-0.39, 0.29) is 5.92 Å². The minimum absolute atomic E-state index is 0.197. The lowest BCUT2D eigenvalue weighted by molar-refractivity contribution is -0.110. The molecular weight excluding hydrogens is 268 g/mol. The molecule has 2 aromatic rings. The van der Waals surface area contributed by atoms with Gasteiger partial charge < -0.3 is 9.53 Å². The van der Waals surface area contributed by atoms with Crippen molar-refractivity contribution >= 4 is 12.3 Å². The molecule has 1 heterocycles. The highest BCUT2D eigenvalue weighted by molar-refractivity contribution is 5.90. The molecule has 2 rings (SSSR count). The lowest BCUT2D eigenvalue weighted by Gasteiger charge is -2.11. The Morgan fingerprint density at radius 2 is 2.10 bits per heavy atom. The normalized spacial score (nSPS) is 11.9. The SMILES string of the molecule is CCOC(=O)c1cnn(-c2ccccc2)c1CC(C)C=O. The Labute approximate surface area is 123 Å². The fourth-order valence-corrected chi connectivity index (χ4v) is 2.09. The second kappa shape index (κ2) is 6.83. The number of ether oxygens (including phenoxy) is 1. The number of benzene rings is 1. The molecule has 0 saturated carbocycles. The summed E-state index contributed by atoms with van der Waals surface area (Å²) in [5.41, 5.74) is 1.95. The van der Waals surface area contributed by atoms with Gasteiger partial charge in [0.25, 0.3) is 0 Å². The summed E-state index contributed by atoms with van der Waals surface area (Å²) in [6.45, 7) is 3.87. The molecule has 5 nitrogen and oxygen atoms in total. The van der Waals surface area contributed by atoms with Crippen molar-refractivity contribution in [1.82, 2.24) is 9.78 Å². The van der Waals surface area contributed by atoms with Crippen LogP contribution in [0.5, 0.6) is 0 Å². The predicted octanol–water partition coefficient (Wildman–Crippen LogP) is 2.43. The van der Waals surface area contributed by atoms with Crippen molar-refractivity contribution in [2.24, 2.45) is 5.92 Å². The van der Waals surface area contributed by atoms with Gasteiger partial charge in [-0.05, 0) is 25.5 Å². The molecule has 0 bridgehead atoms. The van der Waals surface area contributed by atoms with Crippen LogP contribution in [0.15, 0.2) is 36.5 Å². The van der Waals surface area contributed by atoms with Crippen LogP contribution in [0.3, 0.4) is 0 Å². The first-order chi connectivity index (χ1) is 10.2. The van der Waals surface area contributed by atoms with Crippen LogP contribution in [-0.4, -0.2) is 28.6 Å². The fourth-order valence-electron chi connectivity index (χ4n) is 2.09. The highest BCUT2D eigenvalue weighted by atomic mass is 16.5. The van der Waals surface area contributed by atoms with Crippen LogP contribution in [0.1, 0.15) is 29.9 Å². The number of nitrogens with zero attached hydrogens (tertiary/aromatic N) is 2. The highest BCUT2D eigenvalue weighted by Crippen LogP contribution is 2.19. The summed E-state index contributed by atoms with van der Waals surface area (Å²) in [4.78, 5) is 23.0. The summed E-state index contributed by atoms with van der Waals surface area (Å²) in [5.74, 6) is -0.606. The number of hydrogen-bond acceptors (Lipinski definition) is 4. The summed E-state index contributed by atoms with van der Waals surface area (Å²) >= 11 is 0. The van der Waals surface area contributed by atoms with Crippen LogP contribution in [0.2, 0.25) is 0 Å². The number of aldehydes is 1. The number of esters is 1. The van der Waals surface area contributed by atoms with E-state index in [4.69, 9.17) is 4.74 Å². The van der Waals surface area contributed by atoms with E-state index in [9.17, 15) is 9.59 Å².